The summed E-state index contributed by atoms with van der Waals surface area (Å²) in [6, 6.07) is 80.6. The smallest absolute Gasteiger partial charge is 0.164 e. The molecule has 0 amide bonds. The van der Waals surface area contributed by atoms with Crippen LogP contribution in [0.1, 0.15) is 0 Å². The highest BCUT2D eigenvalue weighted by Gasteiger charge is 2.24. The van der Waals surface area contributed by atoms with Gasteiger partial charge >= 0.3 is 0 Å². The zero-order valence-electron chi connectivity index (χ0n) is 34.6. The van der Waals surface area contributed by atoms with Crippen LogP contribution >= 0.6 is 0 Å². The van der Waals surface area contributed by atoms with Gasteiger partial charge in [0.25, 0.3) is 0 Å². The molecule has 0 N–H and O–H groups in total. The van der Waals surface area contributed by atoms with Crippen molar-refractivity contribution >= 4 is 60.5 Å². The Bertz CT molecular complexity index is 3560. The molecule has 10 aromatic carbocycles. The molecule has 0 radical (unpaired) electrons. The summed E-state index contributed by atoms with van der Waals surface area (Å²) in [5, 5.41) is 6.47. The first-order valence-electron chi connectivity index (χ1n) is 21.5. The predicted molar refractivity (Wildman–Crippen MR) is 264 cm³/mol. The Hall–Kier alpha value is -8.67. The van der Waals surface area contributed by atoms with Gasteiger partial charge in [0.05, 0.1) is 5.69 Å². The molecular weight excluding hydrogens is 781 g/mol. The Morgan fingerprint density at radius 1 is 0.297 bits per heavy atom. The van der Waals surface area contributed by atoms with Crippen LogP contribution in [0.2, 0.25) is 0 Å². The van der Waals surface area contributed by atoms with E-state index in [0.717, 1.165) is 83.0 Å². The molecule has 12 aromatic rings. The predicted octanol–water partition coefficient (Wildman–Crippen LogP) is 15.9. The van der Waals surface area contributed by atoms with Crippen LogP contribution in [0.25, 0.3) is 99.9 Å². The van der Waals surface area contributed by atoms with Crippen LogP contribution in [-0.4, -0.2) is 15.0 Å². The van der Waals surface area contributed by atoms with Gasteiger partial charge in [0, 0.05) is 44.2 Å². The van der Waals surface area contributed by atoms with E-state index >= 15 is 0 Å². The fourth-order valence-electron chi connectivity index (χ4n) is 8.87. The Morgan fingerprint density at radius 3 is 1.36 bits per heavy atom. The molecule has 0 spiro atoms. The Balaban J connectivity index is 1.05. The molecule has 0 saturated carbocycles. The molecule has 12 rings (SSSR count). The third kappa shape index (κ3) is 6.73. The second-order valence-corrected chi connectivity index (χ2v) is 16.0. The van der Waals surface area contributed by atoms with Crippen LogP contribution in [0.3, 0.4) is 0 Å². The summed E-state index contributed by atoms with van der Waals surface area (Å²) in [4.78, 5) is 17.6. The van der Waals surface area contributed by atoms with Crippen LogP contribution < -0.4 is 4.90 Å². The molecule has 0 unspecified atom stereocenters. The maximum absolute atomic E-state index is 7.02. The zero-order valence-corrected chi connectivity index (χ0v) is 34.6. The molecule has 2 aromatic heterocycles. The SMILES string of the molecule is c1ccc(-c2ccc(N(c3ccc(-c4ccccc4)cc3)c3c4ccccc4cc4c3oc3ccc(-c5nc(-c6ccccc6)nc(-c6ccc7ccccc7c6)n5)cc34)cc2)cc1. The number of rotatable bonds is 8. The standard InChI is InChI=1S/C59H38N4O/c1-4-14-39(15-5-1)42-26-31-49(32-27-42)63(50-33-28-43(29-34-50)40-16-6-2-7-17-40)55-51-23-13-12-22-46(51)37-53-52-38-48(30-35-54(52)64-56(53)55)59-61-57(44-19-8-3-9-20-44)60-58(62-59)47-25-24-41-18-10-11-21-45(41)36-47/h1-38H. The number of hydrogen-bond acceptors (Lipinski definition) is 5. The Labute approximate surface area is 370 Å². The summed E-state index contributed by atoms with van der Waals surface area (Å²) in [7, 11) is 0. The first kappa shape index (κ1) is 37.1. The lowest BCUT2D eigenvalue weighted by atomic mass is 10.00. The molecule has 2 heterocycles. The molecule has 0 aliphatic heterocycles. The third-order valence-electron chi connectivity index (χ3n) is 12.1. The van der Waals surface area contributed by atoms with Crippen molar-refractivity contribution in [2.24, 2.45) is 0 Å². The number of furan rings is 1. The zero-order chi connectivity index (χ0) is 42.4. The molecule has 0 saturated heterocycles. The first-order chi connectivity index (χ1) is 31.7. The van der Waals surface area contributed by atoms with Crippen molar-refractivity contribution in [3.8, 4) is 56.4 Å². The monoisotopic (exact) mass is 818 g/mol. The molecule has 5 nitrogen and oxygen atoms in total. The quantitative estimate of drug-likeness (QED) is 0.153. The van der Waals surface area contributed by atoms with Crippen LogP contribution in [0.5, 0.6) is 0 Å². The molecule has 300 valence electrons. The minimum absolute atomic E-state index is 0.591. The molecule has 0 aliphatic rings. The van der Waals surface area contributed by atoms with Gasteiger partial charge in [-0.3, -0.25) is 0 Å². The van der Waals surface area contributed by atoms with Crippen molar-refractivity contribution in [2.45, 2.75) is 0 Å². The Morgan fingerprint density at radius 2 is 0.750 bits per heavy atom. The summed E-state index contributed by atoms with van der Waals surface area (Å²) >= 11 is 0. The number of hydrogen-bond donors (Lipinski definition) is 0. The summed E-state index contributed by atoms with van der Waals surface area (Å²) < 4.78 is 7.02. The van der Waals surface area contributed by atoms with Crippen LogP contribution in [0.4, 0.5) is 17.1 Å². The van der Waals surface area contributed by atoms with E-state index in [2.05, 4.69) is 205 Å². The van der Waals surface area contributed by atoms with Crippen molar-refractivity contribution in [1.29, 1.82) is 0 Å². The van der Waals surface area contributed by atoms with Gasteiger partial charge in [0.15, 0.2) is 23.1 Å². The van der Waals surface area contributed by atoms with Gasteiger partial charge in [-0.2, -0.15) is 0 Å². The largest absolute Gasteiger partial charge is 0.454 e. The first-order valence-corrected chi connectivity index (χ1v) is 21.5. The Kier molecular flexibility index (Phi) is 9.08. The van der Waals surface area contributed by atoms with E-state index in [0.29, 0.717) is 17.5 Å². The fraction of sp³-hybridized carbons (Fsp3) is 0. The van der Waals surface area contributed by atoms with E-state index < -0.39 is 0 Å². The van der Waals surface area contributed by atoms with E-state index in [4.69, 9.17) is 19.4 Å². The van der Waals surface area contributed by atoms with Crippen LogP contribution in [0, 0.1) is 0 Å². The highest BCUT2D eigenvalue weighted by atomic mass is 16.3. The molecule has 5 heteroatoms. The summed E-state index contributed by atoms with van der Waals surface area (Å²) in [5.74, 6) is 1.83. The average molecular weight is 819 g/mol. The third-order valence-corrected chi connectivity index (χ3v) is 12.1. The van der Waals surface area contributed by atoms with Gasteiger partial charge in [-0.1, -0.05) is 176 Å². The highest BCUT2D eigenvalue weighted by Crippen LogP contribution is 2.47. The maximum atomic E-state index is 7.02. The van der Waals surface area contributed by atoms with Crippen molar-refractivity contribution in [3.05, 3.63) is 231 Å². The lowest BCUT2D eigenvalue weighted by Crippen LogP contribution is -2.11. The van der Waals surface area contributed by atoms with E-state index in [9.17, 15) is 0 Å². The molecule has 64 heavy (non-hydrogen) atoms. The van der Waals surface area contributed by atoms with E-state index in [1.165, 1.54) is 16.5 Å². The second-order valence-electron chi connectivity index (χ2n) is 16.0. The molecule has 0 bridgehead atoms. The molecule has 0 atom stereocenters. The number of anilines is 3. The van der Waals surface area contributed by atoms with Gasteiger partial charge in [-0.25, -0.2) is 15.0 Å². The number of aromatic nitrogens is 3. The van der Waals surface area contributed by atoms with Crippen molar-refractivity contribution in [2.75, 3.05) is 4.90 Å². The lowest BCUT2D eigenvalue weighted by molar-refractivity contribution is 0.669. The van der Waals surface area contributed by atoms with Crippen molar-refractivity contribution < 1.29 is 4.42 Å². The summed E-state index contributed by atoms with van der Waals surface area (Å²) in [6.45, 7) is 0. The maximum Gasteiger partial charge on any atom is 0.164 e. The van der Waals surface area contributed by atoms with Gasteiger partial charge in [0.2, 0.25) is 0 Å². The van der Waals surface area contributed by atoms with E-state index in [1.807, 2.05) is 30.3 Å². The van der Waals surface area contributed by atoms with Gasteiger partial charge in [-0.05, 0) is 93.0 Å². The molecule has 0 fully saturated rings. The van der Waals surface area contributed by atoms with E-state index in [-0.39, 0.29) is 0 Å². The van der Waals surface area contributed by atoms with Gasteiger partial charge in [0.1, 0.15) is 5.58 Å². The topological polar surface area (TPSA) is 55.1 Å². The van der Waals surface area contributed by atoms with Crippen LogP contribution in [0.15, 0.2) is 235 Å². The number of benzene rings is 10. The van der Waals surface area contributed by atoms with Gasteiger partial charge < -0.3 is 9.32 Å². The second kappa shape index (κ2) is 15.7. The summed E-state index contributed by atoms with van der Waals surface area (Å²) in [6.07, 6.45) is 0. The van der Waals surface area contributed by atoms with E-state index in [1.54, 1.807) is 0 Å². The minimum atomic E-state index is 0.591. The number of nitrogens with zero attached hydrogens (tertiary/aromatic N) is 4. The summed E-state index contributed by atoms with van der Waals surface area (Å²) in [5.41, 5.74) is 12.0. The van der Waals surface area contributed by atoms with Crippen molar-refractivity contribution in [1.82, 2.24) is 15.0 Å². The fourth-order valence-corrected chi connectivity index (χ4v) is 8.87. The van der Waals surface area contributed by atoms with Crippen molar-refractivity contribution in [3.63, 3.8) is 0 Å². The lowest BCUT2D eigenvalue weighted by Gasteiger charge is -2.27. The molecular formula is C59H38N4O. The average Bonchev–Trinajstić information content (AvgIpc) is 3.74. The van der Waals surface area contributed by atoms with Crippen LogP contribution in [-0.2, 0) is 0 Å². The highest BCUT2D eigenvalue weighted by molar-refractivity contribution is 6.19. The normalized spacial score (nSPS) is 11.4. The van der Waals surface area contributed by atoms with Gasteiger partial charge in [-0.15, -0.1) is 0 Å². The number of fused-ring (bicyclic) bond motifs is 5. The molecule has 0 aliphatic carbocycles. The minimum Gasteiger partial charge on any atom is -0.454 e.